The smallest absolute Gasteiger partial charge is 0.213 e. The molecule has 14 heavy (non-hydrogen) atoms. The lowest BCUT2D eigenvalue weighted by Crippen LogP contribution is -1.91. The van der Waals surface area contributed by atoms with Gasteiger partial charge in [-0.3, -0.25) is 0 Å². The summed E-state index contributed by atoms with van der Waals surface area (Å²) in [6, 6.07) is 3.13. The first-order valence-corrected chi connectivity index (χ1v) is 4.25. The molecule has 0 unspecified atom stereocenters. The topological polar surface area (TPSA) is 35.0 Å². The maximum Gasteiger partial charge on any atom is 0.213 e. The highest BCUT2D eigenvalue weighted by atomic mass is 35.5. The molecular weight excluding hydrogens is 207 g/mol. The maximum atomic E-state index is 13.2. The number of rotatable bonds is 1. The second-order valence-electron chi connectivity index (χ2n) is 2.65. The van der Waals surface area contributed by atoms with E-state index in [1.54, 1.807) is 12.1 Å². The Morgan fingerprint density at radius 2 is 2.21 bits per heavy atom. The first kappa shape index (κ1) is 9.15. The monoisotopic (exact) mass is 212 g/mol. The minimum Gasteiger partial charge on any atom is -0.481 e. The van der Waals surface area contributed by atoms with Crippen molar-refractivity contribution in [2.24, 2.45) is 0 Å². The largest absolute Gasteiger partial charge is 0.481 e. The molecule has 0 spiro atoms. The van der Waals surface area contributed by atoms with Crippen molar-refractivity contribution >= 4 is 22.5 Å². The lowest BCUT2D eigenvalue weighted by molar-refractivity contribution is 0.399. The van der Waals surface area contributed by atoms with Gasteiger partial charge in [0.25, 0.3) is 0 Å². The minimum absolute atomic E-state index is 0.167. The van der Waals surface area contributed by atoms with Gasteiger partial charge in [-0.2, -0.15) is 0 Å². The van der Waals surface area contributed by atoms with Crippen LogP contribution in [0.1, 0.15) is 0 Å². The van der Waals surface area contributed by atoms with E-state index in [0.717, 1.165) is 6.20 Å². The summed E-state index contributed by atoms with van der Waals surface area (Å²) in [6.07, 6.45) is 1.07. The molecule has 0 aliphatic heterocycles. The average molecular weight is 213 g/mol. The number of halogens is 2. The van der Waals surface area contributed by atoms with Crippen LogP contribution < -0.4 is 4.74 Å². The van der Waals surface area contributed by atoms with Gasteiger partial charge in [-0.25, -0.2) is 14.4 Å². The van der Waals surface area contributed by atoms with E-state index in [1.807, 2.05) is 0 Å². The van der Waals surface area contributed by atoms with Crippen LogP contribution in [0.5, 0.6) is 5.88 Å². The molecule has 0 fully saturated rings. The summed E-state index contributed by atoms with van der Waals surface area (Å²) in [5.41, 5.74) is 0.311. The van der Waals surface area contributed by atoms with Gasteiger partial charge in [0.15, 0.2) is 11.0 Å². The molecule has 0 N–H and O–H groups in total. The van der Waals surface area contributed by atoms with Crippen LogP contribution in [0.2, 0.25) is 5.15 Å². The zero-order valence-electron chi connectivity index (χ0n) is 7.29. The molecule has 0 atom stereocenters. The molecule has 2 heterocycles. The molecule has 3 nitrogen and oxygen atoms in total. The standard InChI is InChI=1S/C9H6ClFN2O/c1-14-7-3-2-5-6(11)4-12-9(10)8(5)13-7/h2-4H,1H3. The average Bonchev–Trinajstić information content (AvgIpc) is 2.23. The van der Waals surface area contributed by atoms with Crippen LogP contribution in [0, 0.1) is 5.82 Å². The zero-order chi connectivity index (χ0) is 10.1. The Bertz CT molecular complexity index is 489. The third-order valence-electron chi connectivity index (χ3n) is 1.82. The van der Waals surface area contributed by atoms with E-state index in [0.29, 0.717) is 16.8 Å². The summed E-state index contributed by atoms with van der Waals surface area (Å²) in [4.78, 5) is 7.65. The van der Waals surface area contributed by atoms with Gasteiger partial charge >= 0.3 is 0 Å². The lowest BCUT2D eigenvalue weighted by atomic mass is 10.2. The third-order valence-corrected chi connectivity index (χ3v) is 2.10. The first-order chi connectivity index (χ1) is 6.72. The zero-order valence-corrected chi connectivity index (χ0v) is 8.05. The predicted molar refractivity (Wildman–Crippen MR) is 51.1 cm³/mol. The Morgan fingerprint density at radius 1 is 1.43 bits per heavy atom. The maximum absolute atomic E-state index is 13.2. The molecule has 2 rings (SSSR count). The van der Waals surface area contributed by atoms with E-state index in [4.69, 9.17) is 16.3 Å². The van der Waals surface area contributed by atoms with Crippen LogP contribution in [-0.4, -0.2) is 17.1 Å². The van der Waals surface area contributed by atoms with Crippen molar-refractivity contribution in [3.05, 3.63) is 29.3 Å². The molecule has 2 aromatic rings. The summed E-state index contributed by atoms with van der Waals surface area (Å²) in [5, 5.41) is 0.506. The molecule has 0 amide bonds. The normalized spacial score (nSPS) is 10.5. The van der Waals surface area contributed by atoms with Crippen LogP contribution in [0.4, 0.5) is 4.39 Å². The van der Waals surface area contributed by atoms with E-state index in [9.17, 15) is 4.39 Å². The molecule has 0 aliphatic carbocycles. The first-order valence-electron chi connectivity index (χ1n) is 3.87. The number of aromatic nitrogens is 2. The number of fused-ring (bicyclic) bond motifs is 1. The van der Waals surface area contributed by atoms with Crippen molar-refractivity contribution < 1.29 is 9.13 Å². The summed E-state index contributed by atoms with van der Waals surface area (Å²) in [6.45, 7) is 0. The highest BCUT2D eigenvalue weighted by molar-refractivity contribution is 6.33. The number of hydrogen-bond donors (Lipinski definition) is 0. The summed E-state index contributed by atoms with van der Waals surface area (Å²) in [5.74, 6) is -0.0636. The molecule has 0 aliphatic rings. The van der Waals surface area contributed by atoms with Crippen molar-refractivity contribution in [2.75, 3.05) is 7.11 Å². The minimum atomic E-state index is -0.445. The highest BCUT2D eigenvalue weighted by Crippen LogP contribution is 2.23. The van der Waals surface area contributed by atoms with Crippen LogP contribution in [0.25, 0.3) is 10.9 Å². The molecule has 0 radical (unpaired) electrons. The van der Waals surface area contributed by atoms with Gasteiger partial charge < -0.3 is 4.74 Å². The number of methoxy groups -OCH3 is 1. The molecule has 0 saturated carbocycles. The van der Waals surface area contributed by atoms with Gasteiger partial charge in [-0.1, -0.05) is 11.6 Å². The molecule has 5 heteroatoms. The molecule has 2 aromatic heterocycles. The van der Waals surface area contributed by atoms with Crippen LogP contribution in [-0.2, 0) is 0 Å². The van der Waals surface area contributed by atoms with Crippen molar-refractivity contribution in [1.29, 1.82) is 0 Å². The van der Waals surface area contributed by atoms with Gasteiger partial charge in [0.1, 0.15) is 5.52 Å². The number of pyridine rings is 2. The van der Waals surface area contributed by atoms with E-state index in [1.165, 1.54) is 7.11 Å². The van der Waals surface area contributed by atoms with Crippen LogP contribution in [0.3, 0.4) is 0 Å². The Labute approximate surface area is 84.5 Å². The Morgan fingerprint density at radius 3 is 2.93 bits per heavy atom. The Kier molecular flexibility index (Phi) is 2.21. The van der Waals surface area contributed by atoms with Crippen molar-refractivity contribution in [2.45, 2.75) is 0 Å². The van der Waals surface area contributed by atoms with Gasteiger partial charge in [0.05, 0.1) is 13.3 Å². The van der Waals surface area contributed by atoms with E-state index < -0.39 is 5.82 Å². The molecule has 0 aromatic carbocycles. The van der Waals surface area contributed by atoms with Crippen LogP contribution in [0.15, 0.2) is 18.3 Å². The van der Waals surface area contributed by atoms with E-state index in [-0.39, 0.29) is 5.15 Å². The summed E-state index contributed by atoms with van der Waals surface area (Å²) in [7, 11) is 1.48. The van der Waals surface area contributed by atoms with Crippen molar-refractivity contribution in [3.63, 3.8) is 0 Å². The molecule has 0 saturated heterocycles. The fourth-order valence-corrected chi connectivity index (χ4v) is 1.34. The van der Waals surface area contributed by atoms with E-state index in [2.05, 4.69) is 9.97 Å². The lowest BCUT2D eigenvalue weighted by Gasteiger charge is -2.02. The quantitative estimate of drug-likeness (QED) is 0.681. The van der Waals surface area contributed by atoms with Crippen LogP contribution >= 0.6 is 11.6 Å². The Balaban J connectivity index is 2.80. The third kappa shape index (κ3) is 1.37. The number of nitrogens with zero attached hydrogens (tertiary/aromatic N) is 2. The van der Waals surface area contributed by atoms with Crippen molar-refractivity contribution in [3.8, 4) is 5.88 Å². The number of hydrogen-bond acceptors (Lipinski definition) is 3. The van der Waals surface area contributed by atoms with Gasteiger partial charge in [0.2, 0.25) is 5.88 Å². The fourth-order valence-electron chi connectivity index (χ4n) is 1.15. The SMILES string of the molecule is COc1ccc2c(F)cnc(Cl)c2n1. The van der Waals surface area contributed by atoms with Gasteiger partial charge in [0, 0.05) is 11.5 Å². The predicted octanol–water partition coefficient (Wildman–Crippen LogP) is 2.43. The second kappa shape index (κ2) is 3.38. The molecule has 0 bridgehead atoms. The van der Waals surface area contributed by atoms with Crippen molar-refractivity contribution in [1.82, 2.24) is 9.97 Å². The Hall–Kier alpha value is -1.42. The van der Waals surface area contributed by atoms with Gasteiger partial charge in [-0.15, -0.1) is 0 Å². The summed E-state index contributed by atoms with van der Waals surface area (Å²) >= 11 is 5.76. The van der Waals surface area contributed by atoms with Gasteiger partial charge in [-0.05, 0) is 6.07 Å². The summed E-state index contributed by atoms with van der Waals surface area (Å²) < 4.78 is 18.1. The second-order valence-corrected chi connectivity index (χ2v) is 3.00. The number of ether oxygens (including phenoxy) is 1. The molecular formula is C9H6ClFN2O. The fraction of sp³-hybridized carbons (Fsp3) is 0.111. The van der Waals surface area contributed by atoms with E-state index >= 15 is 0 Å². The highest BCUT2D eigenvalue weighted by Gasteiger charge is 2.07. The molecule has 72 valence electrons.